The van der Waals surface area contributed by atoms with E-state index in [4.69, 9.17) is 4.74 Å². The lowest BCUT2D eigenvalue weighted by Gasteiger charge is -2.24. The molecule has 6 nitrogen and oxygen atoms in total. The van der Waals surface area contributed by atoms with E-state index >= 15 is 0 Å². The summed E-state index contributed by atoms with van der Waals surface area (Å²) in [5.41, 5.74) is 0. The fraction of sp³-hybridized carbons (Fsp3) is 0.958. The fourth-order valence-electron chi connectivity index (χ4n) is 7.73. The number of ether oxygens (including phenoxy) is 1. The third-order valence-electron chi connectivity index (χ3n) is 11.4. The number of unbranched alkanes of at least 4 members (excludes halogenated alkanes) is 32. The Morgan fingerprint density at radius 3 is 1.13 bits per heavy atom. The second-order valence-electron chi connectivity index (χ2n) is 16.9. The van der Waals surface area contributed by atoms with Crippen LogP contribution in [0.5, 0.6) is 0 Å². The molecule has 3 atom stereocenters. The lowest BCUT2D eigenvalue weighted by Crippen LogP contribution is -2.46. The molecule has 6 heteroatoms. The molecule has 322 valence electrons. The molecular weight excluding hydrogens is 671 g/mol. The Labute approximate surface area is 336 Å². The highest BCUT2D eigenvalue weighted by Gasteiger charge is 2.24. The molecule has 0 aromatic carbocycles. The van der Waals surface area contributed by atoms with Crippen molar-refractivity contribution in [3.63, 3.8) is 0 Å². The van der Waals surface area contributed by atoms with Gasteiger partial charge < -0.3 is 20.3 Å². The lowest BCUT2D eigenvalue weighted by atomic mass is 10.0. The van der Waals surface area contributed by atoms with Crippen LogP contribution in [0.25, 0.3) is 0 Å². The number of carbonyl (C=O) groups is 2. The van der Waals surface area contributed by atoms with Gasteiger partial charge in [-0.2, -0.15) is 0 Å². The van der Waals surface area contributed by atoms with E-state index in [1.54, 1.807) is 0 Å². The number of amides is 1. The molecule has 0 aliphatic carbocycles. The van der Waals surface area contributed by atoms with Gasteiger partial charge in [-0.05, 0) is 25.7 Å². The normalized spacial score (nSPS) is 13.2. The zero-order chi connectivity index (χ0) is 39.6. The first-order valence-electron chi connectivity index (χ1n) is 24.3. The number of hydrogen-bond acceptors (Lipinski definition) is 5. The molecule has 0 fully saturated rings. The molecule has 0 aromatic rings. The monoisotopic (exact) mass is 766 g/mol. The molecule has 3 N–H and O–H groups in total. The Morgan fingerprint density at radius 2 is 0.778 bits per heavy atom. The van der Waals surface area contributed by atoms with Crippen molar-refractivity contribution in [1.29, 1.82) is 0 Å². The summed E-state index contributed by atoms with van der Waals surface area (Å²) in [4.78, 5) is 26.0. The van der Waals surface area contributed by atoms with E-state index in [-0.39, 0.29) is 24.9 Å². The smallest absolute Gasteiger partial charge is 0.306 e. The summed E-state index contributed by atoms with van der Waals surface area (Å²) in [6, 6.07) is -0.690. The van der Waals surface area contributed by atoms with E-state index in [1.165, 1.54) is 180 Å². The number of aliphatic hydroxyl groups excluding tert-OH is 2. The minimum atomic E-state index is -0.777. The van der Waals surface area contributed by atoms with Crippen LogP contribution in [0.15, 0.2) is 0 Å². The van der Waals surface area contributed by atoms with Gasteiger partial charge in [-0.15, -0.1) is 0 Å². The van der Waals surface area contributed by atoms with Gasteiger partial charge in [0.15, 0.2) is 0 Å². The summed E-state index contributed by atoms with van der Waals surface area (Å²) in [5, 5.41) is 23.6. The summed E-state index contributed by atoms with van der Waals surface area (Å²) in [5.74, 6) is -0.456. The van der Waals surface area contributed by atoms with Crippen molar-refractivity contribution in [3.8, 4) is 0 Å². The summed E-state index contributed by atoms with van der Waals surface area (Å²) in [7, 11) is 0. The molecule has 3 unspecified atom stereocenters. The lowest BCUT2D eigenvalue weighted by molar-refractivity contribution is -0.151. The Morgan fingerprint density at radius 1 is 0.463 bits per heavy atom. The van der Waals surface area contributed by atoms with E-state index in [0.29, 0.717) is 19.3 Å². The first-order chi connectivity index (χ1) is 26.5. The zero-order valence-electron chi connectivity index (χ0n) is 36.6. The number of rotatable bonds is 44. The van der Waals surface area contributed by atoms with Crippen LogP contribution in [0.4, 0.5) is 0 Å². The maximum absolute atomic E-state index is 13.1. The van der Waals surface area contributed by atoms with Crippen LogP contribution in [0.1, 0.15) is 271 Å². The Hall–Kier alpha value is -1.14. The highest BCUT2D eigenvalue weighted by molar-refractivity contribution is 5.77. The first kappa shape index (κ1) is 52.9. The molecule has 0 aromatic heterocycles. The molecule has 0 bridgehead atoms. The van der Waals surface area contributed by atoms with Crippen LogP contribution < -0.4 is 5.32 Å². The first-order valence-corrected chi connectivity index (χ1v) is 24.3. The van der Waals surface area contributed by atoms with E-state index in [1.807, 2.05) is 0 Å². The van der Waals surface area contributed by atoms with Crippen LogP contribution >= 0.6 is 0 Å². The van der Waals surface area contributed by atoms with Crippen LogP contribution in [-0.2, 0) is 14.3 Å². The number of hydrogen-bond donors (Lipinski definition) is 3. The Balaban J connectivity index is 4.54. The van der Waals surface area contributed by atoms with Crippen LogP contribution in [0.2, 0.25) is 0 Å². The minimum absolute atomic E-state index is 0.0872. The summed E-state index contributed by atoms with van der Waals surface area (Å²) in [6.45, 7) is 6.48. The van der Waals surface area contributed by atoms with Crippen molar-refractivity contribution in [1.82, 2.24) is 5.32 Å². The summed E-state index contributed by atoms with van der Waals surface area (Å²) < 4.78 is 5.92. The highest BCUT2D eigenvalue weighted by atomic mass is 16.5. The van der Waals surface area contributed by atoms with Gasteiger partial charge in [0.1, 0.15) is 6.10 Å². The van der Waals surface area contributed by atoms with Crippen molar-refractivity contribution in [3.05, 3.63) is 0 Å². The van der Waals surface area contributed by atoms with Crippen molar-refractivity contribution >= 4 is 11.9 Å². The predicted octanol–water partition coefficient (Wildman–Crippen LogP) is 14.0. The highest BCUT2D eigenvalue weighted by Crippen LogP contribution is 2.18. The molecule has 0 rings (SSSR count). The molecule has 0 spiro atoms. The second kappa shape index (κ2) is 43.0. The predicted molar refractivity (Wildman–Crippen MR) is 232 cm³/mol. The van der Waals surface area contributed by atoms with Gasteiger partial charge in [0.25, 0.3) is 0 Å². The maximum atomic E-state index is 13.1. The molecule has 0 radical (unpaired) electrons. The molecule has 0 saturated heterocycles. The molecule has 54 heavy (non-hydrogen) atoms. The average molecular weight is 766 g/mol. The van der Waals surface area contributed by atoms with Gasteiger partial charge in [0.2, 0.25) is 5.91 Å². The van der Waals surface area contributed by atoms with Crippen molar-refractivity contribution in [2.75, 3.05) is 6.61 Å². The van der Waals surface area contributed by atoms with E-state index in [2.05, 4.69) is 26.1 Å². The van der Waals surface area contributed by atoms with Gasteiger partial charge in [-0.3, -0.25) is 9.59 Å². The number of nitrogens with one attached hydrogen (secondary N) is 1. The molecule has 1 amide bonds. The average Bonchev–Trinajstić information content (AvgIpc) is 3.16. The van der Waals surface area contributed by atoms with Crippen LogP contribution in [0.3, 0.4) is 0 Å². The summed E-state index contributed by atoms with van der Waals surface area (Å²) in [6.07, 6.45) is 44.5. The maximum Gasteiger partial charge on any atom is 0.306 e. The van der Waals surface area contributed by atoms with Crippen LogP contribution in [-0.4, -0.2) is 46.9 Å². The van der Waals surface area contributed by atoms with Crippen molar-refractivity contribution < 1.29 is 24.5 Å². The number of carbonyl (C=O) groups excluding carboxylic acids is 2. The Kier molecular flexibility index (Phi) is 42.1. The van der Waals surface area contributed by atoms with Crippen molar-refractivity contribution in [2.45, 2.75) is 289 Å². The zero-order valence-corrected chi connectivity index (χ0v) is 36.6. The largest absolute Gasteiger partial charge is 0.462 e. The SMILES string of the molecule is CCCCCCCCCCCCCCCCC(CC(=O)NC(CO)C(O)CCCCCCCCCCC)OC(=O)CCCCCCCCCCCCCC. The molecule has 0 aliphatic rings. The fourth-order valence-corrected chi connectivity index (χ4v) is 7.73. The quantitative estimate of drug-likeness (QED) is 0.0424. The third kappa shape index (κ3) is 37.8. The number of esters is 1. The van der Waals surface area contributed by atoms with Gasteiger partial charge in [0, 0.05) is 6.42 Å². The van der Waals surface area contributed by atoms with E-state index in [9.17, 15) is 19.8 Å². The standard InChI is InChI=1S/C48H95NO5/c1-4-7-10-13-16-19-21-23-24-25-28-30-33-36-39-44(54-48(53)41-38-35-32-29-26-22-20-17-14-11-8-5-2)42-47(52)49-45(43-50)46(51)40-37-34-31-27-18-15-12-9-6-3/h44-46,50-51H,4-43H2,1-3H3,(H,49,52). The topological polar surface area (TPSA) is 95.9 Å². The minimum Gasteiger partial charge on any atom is -0.462 e. The molecule has 0 heterocycles. The second-order valence-corrected chi connectivity index (χ2v) is 16.9. The van der Waals surface area contributed by atoms with Gasteiger partial charge >= 0.3 is 5.97 Å². The van der Waals surface area contributed by atoms with Gasteiger partial charge in [-0.1, -0.05) is 233 Å². The molecule has 0 aliphatic heterocycles. The molecular formula is C48H95NO5. The number of aliphatic hydroxyl groups is 2. The third-order valence-corrected chi connectivity index (χ3v) is 11.4. The van der Waals surface area contributed by atoms with Gasteiger partial charge in [0.05, 0.1) is 25.2 Å². The molecule has 0 saturated carbocycles. The van der Waals surface area contributed by atoms with Gasteiger partial charge in [-0.25, -0.2) is 0 Å². The van der Waals surface area contributed by atoms with Crippen LogP contribution in [0, 0.1) is 0 Å². The van der Waals surface area contributed by atoms with E-state index < -0.39 is 18.2 Å². The van der Waals surface area contributed by atoms with Crippen molar-refractivity contribution in [2.24, 2.45) is 0 Å². The Bertz CT molecular complexity index is 776. The van der Waals surface area contributed by atoms with E-state index in [0.717, 1.165) is 44.9 Å². The summed E-state index contributed by atoms with van der Waals surface area (Å²) >= 11 is 0.